The summed E-state index contributed by atoms with van der Waals surface area (Å²) < 4.78 is 4.73. The van der Waals surface area contributed by atoms with Gasteiger partial charge in [-0.3, -0.25) is 0 Å². The maximum atomic E-state index is 2.41. The standard InChI is InChI=1S/C38H25N3S/c1-2-10-27(11-3-1)39-25-24-26-18-23-34-37(38(26)39)30-12-4-5-13-31(30)40(34)28-19-21-29(22-20-28)41-32-14-6-8-16-35(32)42-36-17-9-7-15-33(36)41/h1-25H. The molecule has 6 aromatic carbocycles. The van der Waals surface area contributed by atoms with Gasteiger partial charge in [0.05, 0.1) is 27.9 Å². The molecule has 1 aliphatic rings. The third kappa shape index (κ3) is 3.42. The van der Waals surface area contributed by atoms with E-state index in [-0.39, 0.29) is 0 Å². The number of hydrogen-bond acceptors (Lipinski definition) is 2. The minimum absolute atomic E-state index is 1.15. The molecule has 0 spiro atoms. The summed E-state index contributed by atoms with van der Waals surface area (Å²) >= 11 is 1.84. The van der Waals surface area contributed by atoms with Crippen LogP contribution in [0.25, 0.3) is 44.1 Å². The van der Waals surface area contributed by atoms with Crippen LogP contribution in [-0.2, 0) is 0 Å². The molecule has 8 aromatic rings. The van der Waals surface area contributed by atoms with Crippen molar-refractivity contribution >= 4 is 61.5 Å². The van der Waals surface area contributed by atoms with Gasteiger partial charge < -0.3 is 14.0 Å². The van der Waals surface area contributed by atoms with Gasteiger partial charge in [-0.15, -0.1) is 0 Å². The van der Waals surface area contributed by atoms with Gasteiger partial charge in [-0.25, -0.2) is 0 Å². The lowest BCUT2D eigenvalue weighted by Gasteiger charge is -2.32. The van der Waals surface area contributed by atoms with Gasteiger partial charge in [0.2, 0.25) is 0 Å². The van der Waals surface area contributed by atoms with Crippen molar-refractivity contribution in [3.8, 4) is 11.4 Å². The fourth-order valence-corrected chi connectivity index (χ4v) is 7.56. The predicted molar refractivity (Wildman–Crippen MR) is 176 cm³/mol. The first-order valence-electron chi connectivity index (χ1n) is 14.2. The first-order chi connectivity index (χ1) is 20.8. The van der Waals surface area contributed by atoms with Crippen molar-refractivity contribution in [3.63, 3.8) is 0 Å². The Hall–Kier alpha value is -5.19. The summed E-state index contributed by atoms with van der Waals surface area (Å²) in [7, 11) is 0. The first-order valence-corrected chi connectivity index (χ1v) is 15.0. The van der Waals surface area contributed by atoms with E-state index in [4.69, 9.17) is 0 Å². The highest BCUT2D eigenvalue weighted by atomic mass is 32.2. The van der Waals surface area contributed by atoms with Crippen molar-refractivity contribution < 1.29 is 0 Å². The summed E-state index contributed by atoms with van der Waals surface area (Å²) in [5, 5.41) is 3.77. The van der Waals surface area contributed by atoms with E-state index in [0.717, 1.165) is 11.4 Å². The number of hydrogen-bond donors (Lipinski definition) is 0. The van der Waals surface area contributed by atoms with Crippen molar-refractivity contribution in [2.24, 2.45) is 0 Å². The second-order valence-electron chi connectivity index (χ2n) is 10.7. The predicted octanol–water partition coefficient (Wildman–Crippen LogP) is 10.7. The molecule has 2 aromatic heterocycles. The smallest absolute Gasteiger partial charge is 0.0628 e. The number of fused-ring (bicyclic) bond motifs is 7. The van der Waals surface area contributed by atoms with Gasteiger partial charge in [0.1, 0.15) is 0 Å². The molecule has 0 saturated carbocycles. The molecule has 1 aliphatic heterocycles. The normalized spacial score (nSPS) is 12.6. The third-order valence-corrected chi connectivity index (χ3v) is 9.45. The highest BCUT2D eigenvalue weighted by Gasteiger charge is 2.24. The largest absolute Gasteiger partial charge is 0.316 e. The molecule has 0 fully saturated rings. The highest BCUT2D eigenvalue weighted by Crippen LogP contribution is 2.51. The first kappa shape index (κ1) is 23.5. The van der Waals surface area contributed by atoms with Gasteiger partial charge in [0, 0.05) is 49.2 Å². The van der Waals surface area contributed by atoms with Crippen LogP contribution in [0, 0.1) is 0 Å². The van der Waals surface area contributed by atoms with Gasteiger partial charge in [-0.2, -0.15) is 0 Å². The quantitative estimate of drug-likeness (QED) is 0.215. The van der Waals surface area contributed by atoms with Gasteiger partial charge in [0.15, 0.2) is 0 Å². The average Bonchev–Trinajstić information content (AvgIpc) is 3.63. The zero-order valence-electron chi connectivity index (χ0n) is 22.7. The Bertz CT molecular complexity index is 2230. The lowest BCUT2D eigenvalue weighted by Crippen LogP contribution is -2.14. The molecule has 0 amide bonds. The summed E-state index contributed by atoms with van der Waals surface area (Å²) in [5.74, 6) is 0. The molecule has 0 saturated heterocycles. The fraction of sp³-hybridized carbons (Fsp3) is 0. The SMILES string of the molecule is c1ccc(-n2ccc3ccc4c(c5ccccc5n4-c4ccc(N5c6ccccc6Sc6ccccc65)cc4)c32)cc1. The lowest BCUT2D eigenvalue weighted by molar-refractivity contribution is 1.13. The van der Waals surface area contributed by atoms with E-state index in [0.29, 0.717) is 0 Å². The molecular formula is C38H25N3S. The summed E-state index contributed by atoms with van der Waals surface area (Å²) in [6.07, 6.45) is 2.19. The molecule has 0 radical (unpaired) electrons. The number of para-hydroxylation sites is 4. The second kappa shape index (κ2) is 9.16. The van der Waals surface area contributed by atoms with Crippen LogP contribution in [-0.4, -0.2) is 9.13 Å². The number of nitrogens with zero attached hydrogens (tertiary/aromatic N) is 3. The van der Waals surface area contributed by atoms with E-state index < -0.39 is 0 Å². The van der Waals surface area contributed by atoms with Crippen molar-refractivity contribution in [1.29, 1.82) is 0 Å². The number of benzene rings is 6. The van der Waals surface area contributed by atoms with Crippen molar-refractivity contribution in [1.82, 2.24) is 9.13 Å². The molecule has 0 atom stereocenters. The van der Waals surface area contributed by atoms with Crippen LogP contribution in [0.1, 0.15) is 0 Å². The average molecular weight is 556 g/mol. The Morgan fingerprint density at radius 3 is 1.86 bits per heavy atom. The maximum absolute atomic E-state index is 2.41. The summed E-state index contributed by atoms with van der Waals surface area (Å²) in [6, 6.07) is 52.5. The number of anilines is 3. The molecule has 0 bridgehead atoms. The molecular weight excluding hydrogens is 531 g/mol. The van der Waals surface area contributed by atoms with E-state index in [1.165, 1.54) is 59.6 Å². The minimum Gasteiger partial charge on any atom is -0.316 e. The van der Waals surface area contributed by atoms with Crippen LogP contribution in [0.5, 0.6) is 0 Å². The van der Waals surface area contributed by atoms with Crippen LogP contribution >= 0.6 is 11.8 Å². The van der Waals surface area contributed by atoms with Crippen molar-refractivity contribution in [2.45, 2.75) is 9.79 Å². The van der Waals surface area contributed by atoms with Crippen LogP contribution in [0.3, 0.4) is 0 Å². The van der Waals surface area contributed by atoms with Gasteiger partial charge in [-0.1, -0.05) is 78.5 Å². The Morgan fingerprint density at radius 2 is 1.10 bits per heavy atom. The summed E-state index contributed by atoms with van der Waals surface area (Å²) in [4.78, 5) is 4.92. The van der Waals surface area contributed by atoms with Crippen molar-refractivity contribution in [3.05, 3.63) is 152 Å². The fourth-order valence-electron chi connectivity index (χ4n) is 6.50. The van der Waals surface area contributed by atoms with Gasteiger partial charge in [-0.05, 0) is 78.9 Å². The van der Waals surface area contributed by atoms with E-state index in [1.54, 1.807) is 0 Å². The molecule has 0 aliphatic carbocycles. The molecule has 3 nitrogen and oxygen atoms in total. The molecule has 0 unspecified atom stereocenters. The number of rotatable bonds is 3. The monoisotopic (exact) mass is 555 g/mol. The van der Waals surface area contributed by atoms with Crippen LogP contribution in [0.4, 0.5) is 17.1 Å². The van der Waals surface area contributed by atoms with Crippen LogP contribution in [0.15, 0.2) is 162 Å². The maximum Gasteiger partial charge on any atom is 0.0628 e. The Labute approximate surface area is 247 Å². The molecule has 0 N–H and O–H groups in total. The van der Waals surface area contributed by atoms with Crippen molar-refractivity contribution in [2.75, 3.05) is 4.90 Å². The molecule has 198 valence electrons. The van der Waals surface area contributed by atoms with E-state index >= 15 is 0 Å². The van der Waals surface area contributed by atoms with Gasteiger partial charge >= 0.3 is 0 Å². The van der Waals surface area contributed by atoms with E-state index in [9.17, 15) is 0 Å². The van der Waals surface area contributed by atoms with Crippen LogP contribution in [0.2, 0.25) is 0 Å². The van der Waals surface area contributed by atoms with Gasteiger partial charge in [0.25, 0.3) is 0 Å². The van der Waals surface area contributed by atoms with E-state index in [2.05, 4.69) is 166 Å². The number of aromatic nitrogens is 2. The van der Waals surface area contributed by atoms with Crippen LogP contribution < -0.4 is 4.90 Å². The molecule has 3 heterocycles. The summed E-state index contributed by atoms with van der Waals surface area (Å²) in [5.41, 5.74) is 9.56. The minimum atomic E-state index is 1.15. The molecule has 9 rings (SSSR count). The van der Waals surface area contributed by atoms with E-state index in [1.807, 2.05) is 11.8 Å². The lowest BCUT2D eigenvalue weighted by atomic mass is 10.1. The second-order valence-corrected chi connectivity index (χ2v) is 11.7. The Kier molecular flexibility index (Phi) is 5.13. The Morgan fingerprint density at radius 1 is 0.452 bits per heavy atom. The Balaban J connectivity index is 1.25. The zero-order valence-corrected chi connectivity index (χ0v) is 23.5. The molecule has 42 heavy (non-hydrogen) atoms. The highest BCUT2D eigenvalue weighted by molar-refractivity contribution is 7.99. The summed E-state index contributed by atoms with van der Waals surface area (Å²) in [6.45, 7) is 0. The third-order valence-electron chi connectivity index (χ3n) is 8.32. The zero-order chi connectivity index (χ0) is 27.6. The molecule has 4 heteroatoms. The topological polar surface area (TPSA) is 13.1 Å².